The van der Waals surface area contributed by atoms with Crippen LogP contribution in [0.15, 0.2) is 18.3 Å². The second-order valence-corrected chi connectivity index (χ2v) is 4.42. The summed E-state index contributed by atoms with van der Waals surface area (Å²) < 4.78 is 5.78. The highest BCUT2D eigenvalue weighted by Gasteiger charge is 2.08. The minimum Gasteiger partial charge on any atom is -0.475 e. The van der Waals surface area contributed by atoms with Crippen LogP contribution in [0.25, 0.3) is 0 Å². The van der Waals surface area contributed by atoms with Gasteiger partial charge in [-0.2, -0.15) is 0 Å². The molecule has 0 radical (unpaired) electrons. The zero-order valence-corrected chi connectivity index (χ0v) is 11.4. The highest BCUT2D eigenvalue weighted by molar-refractivity contribution is 5.23. The highest BCUT2D eigenvalue weighted by Crippen LogP contribution is 2.18. The molecule has 3 heteroatoms. The molecule has 17 heavy (non-hydrogen) atoms. The molecule has 1 N–H and O–H groups in total. The van der Waals surface area contributed by atoms with Gasteiger partial charge in [-0.05, 0) is 38.4 Å². The van der Waals surface area contributed by atoms with Crippen LogP contribution in [0.5, 0.6) is 5.88 Å². The quantitative estimate of drug-likeness (QED) is 0.788. The largest absolute Gasteiger partial charge is 0.475 e. The Labute approximate surface area is 105 Å². The van der Waals surface area contributed by atoms with Crippen molar-refractivity contribution in [1.29, 1.82) is 0 Å². The van der Waals surface area contributed by atoms with Crippen LogP contribution in [-0.2, 0) is 0 Å². The molecule has 0 aliphatic carbocycles. The minimum atomic E-state index is 0.234. The van der Waals surface area contributed by atoms with Crippen molar-refractivity contribution in [2.75, 3.05) is 6.54 Å². The van der Waals surface area contributed by atoms with Crippen LogP contribution in [0, 0.1) is 0 Å². The van der Waals surface area contributed by atoms with Gasteiger partial charge in [-0.3, -0.25) is 0 Å². The molecule has 0 aromatic carbocycles. The van der Waals surface area contributed by atoms with Crippen LogP contribution in [0.4, 0.5) is 0 Å². The van der Waals surface area contributed by atoms with E-state index in [4.69, 9.17) is 4.74 Å². The first kappa shape index (κ1) is 14.0. The first-order valence-electron chi connectivity index (χ1n) is 6.53. The molecule has 1 aromatic heterocycles. The standard InChI is InChI=1S/C14H24N2O/c1-5-7-11(3)17-14-10-13(8-9-16-14)12(4)15-6-2/h8-12,15H,5-7H2,1-4H3. The molecule has 0 bridgehead atoms. The fourth-order valence-corrected chi connectivity index (χ4v) is 1.85. The predicted octanol–water partition coefficient (Wildman–Crippen LogP) is 3.32. The van der Waals surface area contributed by atoms with E-state index in [0.29, 0.717) is 6.04 Å². The summed E-state index contributed by atoms with van der Waals surface area (Å²) in [6.45, 7) is 9.48. The Kier molecular flexibility index (Phi) is 5.98. The molecule has 2 atom stereocenters. The zero-order chi connectivity index (χ0) is 12.7. The monoisotopic (exact) mass is 236 g/mol. The van der Waals surface area contributed by atoms with Crippen molar-refractivity contribution in [3.8, 4) is 5.88 Å². The lowest BCUT2D eigenvalue weighted by Gasteiger charge is -2.16. The average molecular weight is 236 g/mol. The normalized spacial score (nSPS) is 14.4. The van der Waals surface area contributed by atoms with Gasteiger partial charge in [-0.15, -0.1) is 0 Å². The van der Waals surface area contributed by atoms with E-state index in [-0.39, 0.29) is 6.10 Å². The molecule has 2 unspecified atom stereocenters. The number of hydrogen-bond donors (Lipinski definition) is 1. The summed E-state index contributed by atoms with van der Waals surface area (Å²) in [5, 5.41) is 3.38. The fourth-order valence-electron chi connectivity index (χ4n) is 1.85. The second kappa shape index (κ2) is 7.28. The highest BCUT2D eigenvalue weighted by atomic mass is 16.5. The first-order chi connectivity index (χ1) is 8.17. The van der Waals surface area contributed by atoms with Crippen molar-refractivity contribution in [2.24, 2.45) is 0 Å². The number of ether oxygens (including phenoxy) is 1. The van der Waals surface area contributed by atoms with E-state index in [1.54, 1.807) is 0 Å². The third kappa shape index (κ3) is 4.73. The lowest BCUT2D eigenvalue weighted by molar-refractivity contribution is 0.201. The van der Waals surface area contributed by atoms with Crippen molar-refractivity contribution >= 4 is 0 Å². The van der Waals surface area contributed by atoms with Crippen LogP contribution in [0.1, 0.15) is 52.1 Å². The predicted molar refractivity (Wildman–Crippen MR) is 71.3 cm³/mol. The zero-order valence-electron chi connectivity index (χ0n) is 11.4. The number of nitrogens with zero attached hydrogens (tertiary/aromatic N) is 1. The molecule has 0 spiro atoms. The van der Waals surface area contributed by atoms with Crippen molar-refractivity contribution in [3.63, 3.8) is 0 Å². The van der Waals surface area contributed by atoms with Crippen LogP contribution < -0.4 is 10.1 Å². The molecule has 1 heterocycles. The number of nitrogens with one attached hydrogen (secondary N) is 1. The van der Waals surface area contributed by atoms with Crippen molar-refractivity contribution in [3.05, 3.63) is 23.9 Å². The Morgan fingerprint density at radius 1 is 1.35 bits per heavy atom. The van der Waals surface area contributed by atoms with Gasteiger partial charge in [0, 0.05) is 18.3 Å². The molecule has 1 rings (SSSR count). The molecular formula is C14H24N2O. The van der Waals surface area contributed by atoms with Gasteiger partial charge in [0.15, 0.2) is 0 Å². The lowest BCUT2D eigenvalue weighted by Crippen LogP contribution is -2.18. The van der Waals surface area contributed by atoms with Gasteiger partial charge >= 0.3 is 0 Å². The smallest absolute Gasteiger partial charge is 0.213 e. The van der Waals surface area contributed by atoms with E-state index >= 15 is 0 Å². The third-order valence-electron chi connectivity index (χ3n) is 2.79. The Morgan fingerprint density at radius 3 is 2.76 bits per heavy atom. The molecule has 3 nitrogen and oxygen atoms in total. The van der Waals surface area contributed by atoms with Crippen LogP contribution in [-0.4, -0.2) is 17.6 Å². The maximum Gasteiger partial charge on any atom is 0.213 e. The number of rotatable bonds is 7. The number of hydrogen-bond acceptors (Lipinski definition) is 3. The summed E-state index contributed by atoms with van der Waals surface area (Å²) in [5.41, 5.74) is 1.22. The van der Waals surface area contributed by atoms with Gasteiger partial charge in [-0.25, -0.2) is 4.98 Å². The molecule has 0 aliphatic rings. The minimum absolute atomic E-state index is 0.234. The van der Waals surface area contributed by atoms with Gasteiger partial charge in [-0.1, -0.05) is 20.3 Å². The molecule has 1 aromatic rings. The van der Waals surface area contributed by atoms with E-state index in [1.165, 1.54) is 5.56 Å². The summed E-state index contributed by atoms with van der Waals surface area (Å²) in [4.78, 5) is 4.25. The summed E-state index contributed by atoms with van der Waals surface area (Å²) in [6.07, 6.45) is 4.25. The molecule has 0 saturated carbocycles. The Morgan fingerprint density at radius 2 is 2.12 bits per heavy atom. The van der Waals surface area contributed by atoms with Crippen LogP contribution >= 0.6 is 0 Å². The van der Waals surface area contributed by atoms with Crippen molar-refractivity contribution in [1.82, 2.24) is 10.3 Å². The average Bonchev–Trinajstić information content (AvgIpc) is 2.30. The van der Waals surface area contributed by atoms with Gasteiger partial charge in [0.25, 0.3) is 0 Å². The van der Waals surface area contributed by atoms with E-state index in [0.717, 1.165) is 25.3 Å². The maximum absolute atomic E-state index is 5.78. The Bertz CT molecular complexity index is 328. The number of pyridine rings is 1. The van der Waals surface area contributed by atoms with Gasteiger partial charge in [0.05, 0.1) is 6.10 Å². The van der Waals surface area contributed by atoms with E-state index in [9.17, 15) is 0 Å². The molecule has 0 saturated heterocycles. The molecule has 96 valence electrons. The van der Waals surface area contributed by atoms with Gasteiger partial charge in [0.2, 0.25) is 5.88 Å². The SMILES string of the molecule is CCCC(C)Oc1cc(C(C)NCC)ccn1. The third-order valence-corrected chi connectivity index (χ3v) is 2.79. The molecular weight excluding hydrogens is 212 g/mol. The summed E-state index contributed by atoms with van der Waals surface area (Å²) in [5.74, 6) is 0.730. The fraction of sp³-hybridized carbons (Fsp3) is 0.643. The Balaban J connectivity index is 2.65. The Hall–Kier alpha value is -1.09. The summed E-state index contributed by atoms with van der Waals surface area (Å²) in [6, 6.07) is 4.40. The number of aromatic nitrogens is 1. The van der Waals surface area contributed by atoms with Crippen LogP contribution in [0.2, 0.25) is 0 Å². The van der Waals surface area contributed by atoms with E-state index < -0.39 is 0 Å². The molecule has 0 amide bonds. The van der Waals surface area contributed by atoms with E-state index in [2.05, 4.69) is 38.0 Å². The topological polar surface area (TPSA) is 34.1 Å². The maximum atomic E-state index is 5.78. The molecule has 0 fully saturated rings. The molecule has 0 aliphatic heterocycles. The second-order valence-electron chi connectivity index (χ2n) is 4.42. The van der Waals surface area contributed by atoms with Crippen molar-refractivity contribution in [2.45, 2.75) is 52.7 Å². The summed E-state index contributed by atoms with van der Waals surface area (Å²) >= 11 is 0. The lowest BCUT2D eigenvalue weighted by atomic mass is 10.1. The van der Waals surface area contributed by atoms with Gasteiger partial charge < -0.3 is 10.1 Å². The van der Waals surface area contributed by atoms with Crippen molar-refractivity contribution < 1.29 is 4.74 Å². The van der Waals surface area contributed by atoms with Crippen LogP contribution in [0.3, 0.4) is 0 Å². The first-order valence-corrected chi connectivity index (χ1v) is 6.53. The summed E-state index contributed by atoms with van der Waals surface area (Å²) in [7, 11) is 0. The van der Waals surface area contributed by atoms with Gasteiger partial charge in [0.1, 0.15) is 0 Å². The van der Waals surface area contributed by atoms with E-state index in [1.807, 2.05) is 18.3 Å².